The van der Waals surface area contributed by atoms with E-state index >= 15 is 0 Å². The maximum absolute atomic E-state index is 5.46. The molecule has 1 aliphatic carbocycles. The number of aromatic nitrogens is 2. The van der Waals surface area contributed by atoms with Crippen LogP contribution in [0.25, 0.3) is 22.0 Å². The quantitative estimate of drug-likeness (QED) is 0.669. The van der Waals surface area contributed by atoms with Crippen LogP contribution in [-0.2, 0) is 0 Å². The van der Waals surface area contributed by atoms with E-state index in [0.717, 1.165) is 17.1 Å². The van der Waals surface area contributed by atoms with Gasteiger partial charge in [-0.05, 0) is 41.8 Å². The summed E-state index contributed by atoms with van der Waals surface area (Å²) in [5.41, 5.74) is 3.20. The molecule has 0 bridgehead atoms. The van der Waals surface area contributed by atoms with Gasteiger partial charge in [0.1, 0.15) is 5.82 Å². The van der Waals surface area contributed by atoms with Crippen molar-refractivity contribution in [3.8, 4) is 23.6 Å². The summed E-state index contributed by atoms with van der Waals surface area (Å²) in [5, 5.41) is 2.38. The number of fused-ring (bicyclic) bond motifs is 1. The highest BCUT2D eigenvalue weighted by Gasteiger charge is 2.19. The second-order valence-corrected chi connectivity index (χ2v) is 6.08. The van der Waals surface area contributed by atoms with Crippen molar-refractivity contribution in [3.05, 3.63) is 54.0 Å². The largest absolute Gasteiger partial charge is 0.342 e. The van der Waals surface area contributed by atoms with Gasteiger partial charge in [0, 0.05) is 17.0 Å². The number of hydrogen-bond acceptors (Lipinski definition) is 1. The molecule has 2 aromatic carbocycles. The third kappa shape index (κ3) is 2.29. The molecular formula is C20H18N2. The van der Waals surface area contributed by atoms with Crippen molar-refractivity contribution in [2.75, 3.05) is 0 Å². The van der Waals surface area contributed by atoms with Crippen LogP contribution in [0, 0.1) is 12.3 Å². The Morgan fingerprint density at radius 1 is 1.05 bits per heavy atom. The maximum atomic E-state index is 5.46. The molecule has 22 heavy (non-hydrogen) atoms. The zero-order valence-electron chi connectivity index (χ0n) is 12.5. The number of imidazole rings is 1. The fourth-order valence-corrected chi connectivity index (χ4v) is 3.39. The minimum atomic E-state index is 0.618. The lowest BCUT2D eigenvalue weighted by atomic mass is 10.0. The average Bonchev–Trinajstić information content (AvgIpc) is 3.24. The van der Waals surface area contributed by atoms with Crippen LogP contribution in [0.2, 0.25) is 0 Å². The van der Waals surface area contributed by atoms with E-state index in [1.807, 2.05) is 12.3 Å². The average molecular weight is 286 g/mol. The molecule has 1 aromatic heterocycles. The molecule has 3 aromatic rings. The van der Waals surface area contributed by atoms with E-state index in [9.17, 15) is 0 Å². The molecule has 4 rings (SSSR count). The van der Waals surface area contributed by atoms with E-state index in [0.29, 0.717) is 5.92 Å². The van der Waals surface area contributed by atoms with Crippen LogP contribution in [0.5, 0.6) is 0 Å². The Bertz CT molecular complexity index is 861. The zero-order valence-corrected chi connectivity index (χ0v) is 12.5. The second-order valence-electron chi connectivity index (χ2n) is 6.08. The standard InChI is InChI=1S/C20H18N2/c1-2-14-7-8-17-12-18(10-9-16(17)11-14)19-13-21-20(22-19)15-5-3-4-6-15/h1,7-13,15H,3-6H2,(H,21,22). The van der Waals surface area contributed by atoms with E-state index in [4.69, 9.17) is 6.42 Å². The molecule has 1 aliphatic rings. The fourth-order valence-electron chi connectivity index (χ4n) is 3.39. The first kappa shape index (κ1) is 13.2. The fraction of sp³-hybridized carbons (Fsp3) is 0.250. The number of aromatic amines is 1. The van der Waals surface area contributed by atoms with Crippen LogP contribution < -0.4 is 0 Å². The molecule has 0 saturated heterocycles. The molecule has 1 fully saturated rings. The molecule has 0 unspecified atom stereocenters. The van der Waals surface area contributed by atoms with E-state index in [1.54, 1.807) is 0 Å². The monoisotopic (exact) mass is 286 g/mol. The van der Waals surface area contributed by atoms with Crippen molar-refractivity contribution in [2.45, 2.75) is 31.6 Å². The Kier molecular flexibility index (Phi) is 3.20. The minimum Gasteiger partial charge on any atom is -0.342 e. The second kappa shape index (κ2) is 5.35. The lowest BCUT2D eigenvalue weighted by Crippen LogP contribution is -1.94. The predicted molar refractivity (Wildman–Crippen MR) is 90.7 cm³/mol. The van der Waals surface area contributed by atoms with Crippen LogP contribution in [0.3, 0.4) is 0 Å². The minimum absolute atomic E-state index is 0.618. The number of rotatable bonds is 2. The summed E-state index contributed by atoms with van der Waals surface area (Å²) in [6, 6.07) is 12.6. The molecule has 0 amide bonds. The van der Waals surface area contributed by atoms with Gasteiger partial charge in [0.2, 0.25) is 0 Å². The summed E-state index contributed by atoms with van der Waals surface area (Å²) < 4.78 is 0. The van der Waals surface area contributed by atoms with Gasteiger partial charge in [0.25, 0.3) is 0 Å². The van der Waals surface area contributed by atoms with Gasteiger partial charge < -0.3 is 4.98 Å². The molecule has 0 atom stereocenters. The molecule has 2 heteroatoms. The molecule has 0 aliphatic heterocycles. The molecule has 108 valence electrons. The molecule has 0 radical (unpaired) electrons. The number of hydrogen-bond donors (Lipinski definition) is 1. The lowest BCUT2D eigenvalue weighted by molar-refractivity contribution is 0.679. The first-order chi connectivity index (χ1) is 10.8. The SMILES string of the molecule is C#Cc1ccc2cc(-c3cnc(C4CCCC4)[nH]3)ccc2c1. The Balaban J connectivity index is 1.70. The van der Waals surface area contributed by atoms with Crippen molar-refractivity contribution in [1.29, 1.82) is 0 Å². The first-order valence-corrected chi connectivity index (χ1v) is 7.89. The van der Waals surface area contributed by atoms with E-state index in [-0.39, 0.29) is 0 Å². The summed E-state index contributed by atoms with van der Waals surface area (Å²) in [5.74, 6) is 4.45. The Morgan fingerprint density at radius 3 is 2.64 bits per heavy atom. The van der Waals surface area contributed by atoms with E-state index in [2.05, 4.69) is 46.2 Å². The third-order valence-electron chi connectivity index (χ3n) is 4.66. The van der Waals surface area contributed by atoms with E-state index < -0.39 is 0 Å². The molecule has 1 saturated carbocycles. The molecular weight excluding hydrogens is 268 g/mol. The maximum Gasteiger partial charge on any atom is 0.109 e. The Morgan fingerprint density at radius 2 is 1.82 bits per heavy atom. The molecule has 1 N–H and O–H groups in total. The van der Waals surface area contributed by atoms with Gasteiger partial charge in [0.05, 0.1) is 11.9 Å². The molecule has 0 spiro atoms. The summed E-state index contributed by atoms with van der Waals surface area (Å²) in [6.07, 6.45) is 12.6. The van der Waals surface area contributed by atoms with Gasteiger partial charge in [-0.15, -0.1) is 6.42 Å². The number of nitrogens with one attached hydrogen (secondary N) is 1. The number of H-pyrrole nitrogens is 1. The lowest BCUT2D eigenvalue weighted by Gasteiger charge is -2.05. The van der Waals surface area contributed by atoms with E-state index in [1.165, 1.54) is 42.0 Å². The van der Waals surface area contributed by atoms with Crippen molar-refractivity contribution in [2.24, 2.45) is 0 Å². The molecule has 2 nitrogen and oxygen atoms in total. The van der Waals surface area contributed by atoms with Crippen LogP contribution >= 0.6 is 0 Å². The summed E-state index contributed by atoms with van der Waals surface area (Å²) >= 11 is 0. The number of terminal acetylenes is 1. The highest BCUT2D eigenvalue weighted by Crippen LogP contribution is 2.33. The van der Waals surface area contributed by atoms with Crippen LogP contribution in [0.15, 0.2) is 42.6 Å². The molecule has 1 heterocycles. The summed E-state index contributed by atoms with van der Waals surface area (Å²) in [7, 11) is 0. The zero-order chi connectivity index (χ0) is 14.9. The Labute approximate surface area is 130 Å². The van der Waals surface area contributed by atoms with Gasteiger partial charge in [0.15, 0.2) is 0 Å². The Hall–Kier alpha value is -2.53. The number of benzene rings is 2. The summed E-state index contributed by atoms with van der Waals surface area (Å²) in [6.45, 7) is 0. The highest BCUT2D eigenvalue weighted by atomic mass is 14.9. The van der Waals surface area contributed by atoms with Gasteiger partial charge >= 0.3 is 0 Å². The van der Waals surface area contributed by atoms with Crippen molar-refractivity contribution < 1.29 is 0 Å². The van der Waals surface area contributed by atoms with Crippen LogP contribution in [-0.4, -0.2) is 9.97 Å². The van der Waals surface area contributed by atoms with Gasteiger partial charge in [-0.1, -0.05) is 37.0 Å². The van der Waals surface area contributed by atoms with Gasteiger partial charge in [-0.25, -0.2) is 4.98 Å². The smallest absolute Gasteiger partial charge is 0.109 e. The van der Waals surface area contributed by atoms with Gasteiger partial charge in [-0.3, -0.25) is 0 Å². The van der Waals surface area contributed by atoms with Crippen molar-refractivity contribution in [3.63, 3.8) is 0 Å². The van der Waals surface area contributed by atoms with Crippen LogP contribution in [0.4, 0.5) is 0 Å². The first-order valence-electron chi connectivity index (χ1n) is 7.89. The van der Waals surface area contributed by atoms with Crippen molar-refractivity contribution in [1.82, 2.24) is 9.97 Å². The van der Waals surface area contributed by atoms with Crippen LogP contribution in [0.1, 0.15) is 43.0 Å². The topological polar surface area (TPSA) is 28.7 Å². The van der Waals surface area contributed by atoms with Gasteiger partial charge in [-0.2, -0.15) is 0 Å². The third-order valence-corrected chi connectivity index (χ3v) is 4.66. The predicted octanol–water partition coefficient (Wildman–Crippen LogP) is 4.87. The summed E-state index contributed by atoms with van der Waals surface area (Å²) in [4.78, 5) is 8.12. The normalized spacial score (nSPS) is 15.2. The number of nitrogens with zero attached hydrogens (tertiary/aromatic N) is 1. The van der Waals surface area contributed by atoms with Crippen molar-refractivity contribution >= 4 is 10.8 Å². The highest BCUT2D eigenvalue weighted by molar-refractivity contribution is 5.87.